The smallest absolute Gasteiger partial charge is 0.325 e. The number of nitrogens with zero attached hydrogens (tertiary/aromatic N) is 2. The molecule has 2 heterocycles. The third-order valence-electron chi connectivity index (χ3n) is 3.42. The van der Waals surface area contributed by atoms with Gasteiger partial charge < -0.3 is 9.73 Å². The maximum absolute atomic E-state index is 12.0. The zero-order valence-electron chi connectivity index (χ0n) is 12.5. The molecule has 1 fully saturated rings. The first-order valence-electron chi connectivity index (χ1n) is 6.86. The second-order valence-corrected chi connectivity index (χ2v) is 6.59. The third kappa shape index (κ3) is 3.85. The second kappa shape index (κ2) is 6.19. The first-order chi connectivity index (χ1) is 9.79. The van der Waals surface area contributed by atoms with Crippen molar-refractivity contribution in [3.63, 3.8) is 0 Å². The number of carbonyl (C=O) groups is 2. The number of rotatable bonds is 6. The summed E-state index contributed by atoms with van der Waals surface area (Å²) in [5, 5.41) is 2.68. The molecule has 0 aliphatic carbocycles. The van der Waals surface area contributed by atoms with Crippen molar-refractivity contribution in [2.24, 2.45) is 0 Å². The SMILES string of the molecule is CN(CCCN1C(=O)NC(C)(C)C1=O)Cc1ccc(Br)o1. The Balaban J connectivity index is 1.76. The van der Waals surface area contributed by atoms with E-state index in [2.05, 4.69) is 26.1 Å². The van der Waals surface area contributed by atoms with Crippen LogP contribution in [0.4, 0.5) is 4.79 Å². The molecule has 1 N–H and O–H groups in total. The first-order valence-corrected chi connectivity index (χ1v) is 7.66. The van der Waals surface area contributed by atoms with Crippen molar-refractivity contribution in [1.82, 2.24) is 15.1 Å². The van der Waals surface area contributed by atoms with E-state index in [0.717, 1.165) is 18.7 Å². The lowest BCUT2D eigenvalue weighted by atomic mass is 10.1. The van der Waals surface area contributed by atoms with Crippen molar-refractivity contribution in [2.75, 3.05) is 20.1 Å². The highest BCUT2D eigenvalue weighted by molar-refractivity contribution is 9.10. The normalized spacial score (nSPS) is 17.7. The van der Waals surface area contributed by atoms with Crippen molar-refractivity contribution in [3.8, 4) is 0 Å². The van der Waals surface area contributed by atoms with Crippen molar-refractivity contribution >= 4 is 27.9 Å². The Labute approximate surface area is 132 Å². The molecule has 1 saturated heterocycles. The van der Waals surface area contributed by atoms with Crippen molar-refractivity contribution in [1.29, 1.82) is 0 Å². The predicted octanol–water partition coefficient (Wildman–Crippen LogP) is 2.19. The summed E-state index contributed by atoms with van der Waals surface area (Å²) in [6, 6.07) is 3.47. The summed E-state index contributed by atoms with van der Waals surface area (Å²) < 4.78 is 6.16. The lowest BCUT2D eigenvalue weighted by Gasteiger charge is -2.18. The van der Waals surface area contributed by atoms with Crippen LogP contribution in [0.5, 0.6) is 0 Å². The van der Waals surface area contributed by atoms with Crippen LogP contribution in [0.3, 0.4) is 0 Å². The molecule has 3 amide bonds. The topological polar surface area (TPSA) is 65.8 Å². The maximum atomic E-state index is 12.0. The molecular weight excluding hydrogens is 338 g/mol. The van der Waals surface area contributed by atoms with E-state index < -0.39 is 5.54 Å². The average Bonchev–Trinajstić information content (AvgIpc) is 2.85. The molecule has 1 aromatic rings. The summed E-state index contributed by atoms with van der Waals surface area (Å²) in [6.45, 7) is 5.33. The van der Waals surface area contributed by atoms with Gasteiger partial charge in [0.2, 0.25) is 0 Å². The van der Waals surface area contributed by atoms with Gasteiger partial charge in [-0.3, -0.25) is 14.6 Å². The molecular formula is C14H20BrN3O3. The van der Waals surface area contributed by atoms with Crippen LogP contribution in [0, 0.1) is 0 Å². The molecule has 2 rings (SSSR count). The number of hydrogen-bond acceptors (Lipinski definition) is 4. The number of furan rings is 1. The molecule has 0 bridgehead atoms. The summed E-state index contributed by atoms with van der Waals surface area (Å²) in [5.74, 6) is 0.714. The van der Waals surface area contributed by atoms with Gasteiger partial charge in [-0.2, -0.15) is 0 Å². The Morgan fingerprint density at radius 2 is 2.10 bits per heavy atom. The van der Waals surface area contributed by atoms with Gasteiger partial charge >= 0.3 is 6.03 Å². The molecule has 7 heteroatoms. The minimum Gasteiger partial charge on any atom is -0.453 e. The van der Waals surface area contributed by atoms with E-state index in [1.54, 1.807) is 13.8 Å². The van der Waals surface area contributed by atoms with Gasteiger partial charge in [0, 0.05) is 13.1 Å². The molecule has 1 aliphatic rings. The molecule has 0 atom stereocenters. The fourth-order valence-electron chi connectivity index (χ4n) is 2.30. The maximum Gasteiger partial charge on any atom is 0.325 e. The highest BCUT2D eigenvalue weighted by Crippen LogP contribution is 2.17. The van der Waals surface area contributed by atoms with Gasteiger partial charge in [-0.25, -0.2) is 4.79 Å². The number of nitrogens with one attached hydrogen (secondary N) is 1. The van der Waals surface area contributed by atoms with Crippen molar-refractivity contribution < 1.29 is 14.0 Å². The predicted molar refractivity (Wildman–Crippen MR) is 81.7 cm³/mol. The standard InChI is InChI=1S/C14H20BrN3O3/c1-14(2)12(19)18(13(20)16-14)8-4-7-17(3)9-10-5-6-11(15)21-10/h5-6H,4,7-9H2,1-3H3,(H,16,20). The van der Waals surface area contributed by atoms with Gasteiger partial charge in [0.05, 0.1) is 6.54 Å². The van der Waals surface area contributed by atoms with E-state index in [1.807, 2.05) is 19.2 Å². The molecule has 21 heavy (non-hydrogen) atoms. The molecule has 0 radical (unpaired) electrons. The monoisotopic (exact) mass is 357 g/mol. The minimum atomic E-state index is -0.788. The molecule has 6 nitrogen and oxygen atoms in total. The molecule has 1 aromatic heterocycles. The molecule has 1 aliphatic heterocycles. The van der Waals surface area contributed by atoms with Crippen molar-refractivity contribution in [3.05, 3.63) is 22.6 Å². The van der Waals surface area contributed by atoms with Crippen LogP contribution in [0.15, 0.2) is 21.2 Å². The lowest BCUT2D eigenvalue weighted by molar-refractivity contribution is -0.130. The fraction of sp³-hybridized carbons (Fsp3) is 0.571. The molecule has 0 unspecified atom stereocenters. The van der Waals surface area contributed by atoms with E-state index in [-0.39, 0.29) is 11.9 Å². The summed E-state index contributed by atoms with van der Waals surface area (Å²) in [5.41, 5.74) is -0.788. The number of imide groups is 1. The van der Waals surface area contributed by atoms with Gasteiger partial charge in [-0.05, 0) is 55.4 Å². The third-order valence-corrected chi connectivity index (χ3v) is 3.85. The Bertz CT molecular complexity index is 541. The molecule has 0 aromatic carbocycles. The van der Waals surface area contributed by atoms with Gasteiger partial charge in [0.25, 0.3) is 5.91 Å². The highest BCUT2D eigenvalue weighted by atomic mass is 79.9. The Kier molecular flexibility index (Phi) is 4.73. The Hall–Kier alpha value is -1.34. The Morgan fingerprint density at radius 1 is 1.38 bits per heavy atom. The summed E-state index contributed by atoms with van der Waals surface area (Å²) in [7, 11) is 1.98. The zero-order chi connectivity index (χ0) is 15.6. The van der Waals surface area contributed by atoms with Crippen LogP contribution < -0.4 is 5.32 Å². The highest BCUT2D eigenvalue weighted by Gasteiger charge is 2.43. The van der Waals surface area contributed by atoms with Gasteiger partial charge in [0.1, 0.15) is 11.3 Å². The number of urea groups is 1. The first kappa shape index (κ1) is 16.0. The van der Waals surface area contributed by atoms with Crippen LogP contribution >= 0.6 is 15.9 Å². The number of halogens is 1. The largest absolute Gasteiger partial charge is 0.453 e. The van der Waals surface area contributed by atoms with Gasteiger partial charge in [-0.1, -0.05) is 0 Å². The quantitative estimate of drug-likeness (QED) is 0.792. The number of amides is 3. The van der Waals surface area contributed by atoms with Crippen LogP contribution in [0.1, 0.15) is 26.0 Å². The summed E-state index contributed by atoms with van der Waals surface area (Å²) in [6.07, 6.45) is 0.730. The lowest BCUT2D eigenvalue weighted by Crippen LogP contribution is -2.40. The van der Waals surface area contributed by atoms with E-state index in [0.29, 0.717) is 17.8 Å². The van der Waals surface area contributed by atoms with Crippen LogP contribution in [0.25, 0.3) is 0 Å². The average molecular weight is 358 g/mol. The van der Waals surface area contributed by atoms with Crippen LogP contribution in [-0.4, -0.2) is 47.4 Å². The van der Waals surface area contributed by atoms with Crippen LogP contribution in [0.2, 0.25) is 0 Å². The second-order valence-electron chi connectivity index (χ2n) is 5.81. The van der Waals surface area contributed by atoms with E-state index in [1.165, 1.54) is 4.90 Å². The molecule has 0 spiro atoms. The Morgan fingerprint density at radius 3 is 2.62 bits per heavy atom. The summed E-state index contributed by atoms with van der Waals surface area (Å²) >= 11 is 3.27. The fourth-order valence-corrected chi connectivity index (χ4v) is 2.64. The molecule has 0 saturated carbocycles. The number of hydrogen-bond donors (Lipinski definition) is 1. The minimum absolute atomic E-state index is 0.162. The van der Waals surface area contributed by atoms with Gasteiger partial charge in [0.15, 0.2) is 4.67 Å². The molecule has 116 valence electrons. The zero-order valence-corrected chi connectivity index (χ0v) is 14.1. The van der Waals surface area contributed by atoms with Crippen molar-refractivity contribution in [2.45, 2.75) is 32.4 Å². The van der Waals surface area contributed by atoms with E-state index in [9.17, 15) is 9.59 Å². The van der Waals surface area contributed by atoms with Crippen LogP contribution in [-0.2, 0) is 11.3 Å². The number of carbonyl (C=O) groups excluding carboxylic acids is 2. The summed E-state index contributed by atoms with van der Waals surface area (Å²) in [4.78, 5) is 27.1. The van der Waals surface area contributed by atoms with E-state index >= 15 is 0 Å². The van der Waals surface area contributed by atoms with Gasteiger partial charge in [-0.15, -0.1) is 0 Å². The van der Waals surface area contributed by atoms with E-state index in [4.69, 9.17) is 4.42 Å².